The van der Waals surface area contributed by atoms with Crippen LogP contribution in [0.25, 0.3) is 0 Å². The van der Waals surface area contributed by atoms with Crippen LogP contribution in [0.1, 0.15) is 18.1 Å². The van der Waals surface area contributed by atoms with Gasteiger partial charge in [-0.3, -0.25) is 0 Å². The van der Waals surface area contributed by atoms with Gasteiger partial charge in [0.25, 0.3) is 0 Å². The van der Waals surface area contributed by atoms with E-state index in [0.717, 1.165) is 13.2 Å². The summed E-state index contributed by atoms with van der Waals surface area (Å²) in [4.78, 5) is 0. The quantitative estimate of drug-likeness (QED) is 0.801. The molecular formula is C13H21NO. The molecular weight excluding hydrogens is 186 g/mol. The summed E-state index contributed by atoms with van der Waals surface area (Å²) < 4.78 is 5.11. The van der Waals surface area contributed by atoms with Crippen LogP contribution in [-0.4, -0.2) is 20.3 Å². The second-order valence-corrected chi connectivity index (χ2v) is 4.26. The van der Waals surface area contributed by atoms with Gasteiger partial charge in [-0.1, -0.05) is 19.1 Å². The van der Waals surface area contributed by atoms with Crippen molar-refractivity contribution in [3.8, 4) is 0 Å². The number of nitrogens with one attached hydrogen (secondary N) is 1. The Morgan fingerprint density at radius 3 is 2.73 bits per heavy atom. The van der Waals surface area contributed by atoms with E-state index in [2.05, 4.69) is 44.3 Å². The van der Waals surface area contributed by atoms with Gasteiger partial charge >= 0.3 is 0 Å². The van der Waals surface area contributed by atoms with Crippen molar-refractivity contribution in [2.75, 3.05) is 25.6 Å². The van der Waals surface area contributed by atoms with Gasteiger partial charge in [-0.25, -0.2) is 0 Å². The molecule has 2 nitrogen and oxygen atoms in total. The van der Waals surface area contributed by atoms with E-state index in [1.807, 2.05) is 0 Å². The van der Waals surface area contributed by atoms with E-state index in [0.29, 0.717) is 5.92 Å². The Labute approximate surface area is 92.6 Å². The second-order valence-electron chi connectivity index (χ2n) is 4.26. The number of anilines is 1. The molecule has 0 aliphatic carbocycles. The van der Waals surface area contributed by atoms with Gasteiger partial charge in [-0.2, -0.15) is 0 Å². The van der Waals surface area contributed by atoms with Crippen molar-refractivity contribution in [2.45, 2.75) is 20.8 Å². The van der Waals surface area contributed by atoms with Gasteiger partial charge in [0.05, 0.1) is 6.61 Å². The molecule has 0 amide bonds. The van der Waals surface area contributed by atoms with E-state index >= 15 is 0 Å². The van der Waals surface area contributed by atoms with Crippen molar-refractivity contribution in [3.05, 3.63) is 29.3 Å². The third-order valence-corrected chi connectivity index (χ3v) is 2.49. The smallest absolute Gasteiger partial charge is 0.0504 e. The third-order valence-electron chi connectivity index (χ3n) is 2.49. The summed E-state index contributed by atoms with van der Waals surface area (Å²) in [7, 11) is 1.74. The molecule has 0 spiro atoms. The molecule has 0 heterocycles. The normalized spacial score (nSPS) is 12.5. The van der Waals surface area contributed by atoms with Crippen LogP contribution < -0.4 is 5.32 Å². The Kier molecular flexibility index (Phi) is 4.63. The van der Waals surface area contributed by atoms with Crippen LogP contribution >= 0.6 is 0 Å². The summed E-state index contributed by atoms with van der Waals surface area (Å²) in [6.07, 6.45) is 0. The number of benzene rings is 1. The zero-order chi connectivity index (χ0) is 11.3. The molecule has 1 N–H and O–H groups in total. The molecule has 15 heavy (non-hydrogen) atoms. The molecule has 2 heteroatoms. The van der Waals surface area contributed by atoms with Gasteiger partial charge in [-0.05, 0) is 37.0 Å². The van der Waals surface area contributed by atoms with E-state index in [1.54, 1.807) is 7.11 Å². The van der Waals surface area contributed by atoms with Crippen LogP contribution in [0, 0.1) is 19.8 Å². The van der Waals surface area contributed by atoms with Crippen LogP contribution in [0.5, 0.6) is 0 Å². The maximum absolute atomic E-state index is 5.11. The van der Waals surface area contributed by atoms with Crippen LogP contribution in [0.15, 0.2) is 18.2 Å². The molecule has 1 unspecified atom stereocenters. The summed E-state index contributed by atoms with van der Waals surface area (Å²) in [6, 6.07) is 6.48. The van der Waals surface area contributed by atoms with Crippen LogP contribution in [0.3, 0.4) is 0 Å². The Balaban J connectivity index is 2.53. The van der Waals surface area contributed by atoms with Crippen LogP contribution in [-0.2, 0) is 4.74 Å². The average molecular weight is 207 g/mol. The highest BCUT2D eigenvalue weighted by atomic mass is 16.5. The lowest BCUT2D eigenvalue weighted by Crippen LogP contribution is -2.16. The van der Waals surface area contributed by atoms with Gasteiger partial charge in [0.1, 0.15) is 0 Å². The SMILES string of the molecule is COCC(C)CNc1cc(C)ccc1C. The third kappa shape index (κ3) is 3.92. The van der Waals surface area contributed by atoms with Crippen molar-refractivity contribution in [3.63, 3.8) is 0 Å². The van der Waals surface area contributed by atoms with Crippen LogP contribution in [0.4, 0.5) is 5.69 Å². The monoisotopic (exact) mass is 207 g/mol. The van der Waals surface area contributed by atoms with E-state index < -0.39 is 0 Å². The van der Waals surface area contributed by atoms with Gasteiger partial charge < -0.3 is 10.1 Å². The average Bonchev–Trinajstić information content (AvgIpc) is 2.20. The van der Waals surface area contributed by atoms with Crippen molar-refractivity contribution in [1.29, 1.82) is 0 Å². The van der Waals surface area contributed by atoms with Crippen molar-refractivity contribution >= 4 is 5.69 Å². The molecule has 1 rings (SSSR count). The van der Waals surface area contributed by atoms with Gasteiger partial charge in [-0.15, -0.1) is 0 Å². The minimum atomic E-state index is 0.537. The molecule has 0 aromatic heterocycles. The zero-order valence-corrected chi connectivity index (χ0v) is 10.1. The summed E-state index contributed by atoms with van der Waals surface area (Å²) >= 11 is 0. The topological polar surface area (TPSA) is 21.3 Å². The molecule has 0 fully saturated rings. The summed E-state index contributed by atoms with van der Waals surface area (Å²) in [5, 5.41) is 3.46. The maximum Gasteiger partial charge on any atom is 0.0504 e. The standard InChI is InChI=1S/C13H21NO/c1-10-5-6-12(3)13(7-10)14-8-11(2)9-15-4/h5-7,11,14H,8-9H2,1-4H3. The number of ether oxygens (including phenoxy) is 1. The fourth-order valence-electron chi connectivity index (χ4n) is 1.55. The highest BCUT2D eigenvalue weighted by molar-refractivity contribution is 5.52. The van der Waals surface area contributed by atoms with Gasteiger partial charge in [0, 0.05) is 19.3 Å². The summed E-state index contributed by atoms with van der Waals surface area (Å²) in [5.74, 6) is 0.537. The predicted octanol–water partition coefficient (Wildman–Crippen LogP) is 3.00. The first kappa shape index (κ1) is 12.1. The number of hydrogen-bond donors (Lipinski definition) is 1. The van der Waals surface area contributed by atoms with E-state index in [1.165, 1.54) is 16.8 Å². The number of methoxy groups -OCH3 is 1. The van der Waals surface area contributed by atoms with Crippen LogP contribution in [0.2, 0.25) is 0 Å². The molecule has 1 atom stereocenters. The van der Waals surface area contributed by atoms with E-state index in [-0.39, 0.29) is 0 Å². The minimum absolute atomic E-state index is 0.537. The fourth-order valence-corrected chi connectivity index (χ4v) is 1.55. The second kappa shape index (κ2) is 5.76. The highest BCUT2D eigenvalue weighted by Crippen LogP contribution is 2.16. The molecule has 0 saturated carbocycles. The summed E-state index contributed by atoms with van der Waals surface area (Å²) in [6.45, 7) is 8.18. The lowest BCUT2D eigenvalue weighted by atomic mass is 10.1. The van der Waals surface area contributed by atoms with Gasteiger partial charge in [0.15, 0.2) is 0 Å². The van der Waals surface area contributed by atoms with Crippen molar-refractivity contribution < 1.29 is 4.74 Å². The lowest BCUT2D eigenvalue weighted by molar-refractivity contribution is 0.164. The zero-order valence-electron chi connectivity index (χ0n) is 10.1. The van der Waals surface area contributed by atoms with Crippen molar-refractivity contribution in [1.82, 2.24) is 0 Å². The molecule has 1 aromatic rings. The molecule has 0 saturated heterocycles. The fraction of sp³-hybridized carbons (Fsp3) is 0.538. The highest BCUT2D eigenvalue weighted by Gasteiger charge is 2.02. The minimum Gasteiger partial charge on any atom is -0.384 e. The summed E-state index contributed by atoms with van der Waals surface area (Å²) in [5.41, 5.74) is 3.82. The number of rotatable bonds is 5. The molecule has 0 bridgehead atoms. The first-order chi connectivity index (χ1) is 7.13. The Hall–Kier alpha value is -1.02. The van der Waals surface area contributed by atoms with Crippen molar-refractivity contribution in [2.24, 2.45) is 5.92 Å². The molecule has 0 aliphatic rings. The first-order valence-corrected chi connectivity index (χ1v) is 5.43. The number of hydrogen-bond acceptors (Lipinski definition) is 2. The number of aryl methyl sites for hydroxylation is 2. The molecule has 0 radical (unpaired) electrons. The predicted molar refractivity (Wildman–Crippen MR) is 65.4 cm³/mol. The molecule has 0 aliphatic heterocycles. The largest absolute Gasteiger partial charge is 0.384 e. The van der Waals surface area contributed by atoms with E-state index in [9.17, 15) is 0 Å². The molecule has 84 valence electrons. The van der Waals surface area contributed by atoms with E-state index in [4.69, 9.17) is 4.74 Å². The Morgan fingerprint density at radius 2 is 2.07 bits per heavy atom. The Bertz CT molecular complexity index is 309. The van der Waals surface area contributed by atoms with Gasteiger partial charge in [0.2, 0.25) is 0 Å². The maximum atomic E-state index is 5.11. The Morgan fingerprint density at radius 1 is 1.33 bits per heavy atom. The first-order valence-electron chi connectivity index (χ1n) is 5.43. The molecule has 1 aromatic carbocycles. The lowest BCUT2D eigenvalue weighted by Gasteiger charge is -2.14.